The molecule has 0 atom stereocenters. The maximum Gasteiger partial charge on any atom is 0.255 e. The molecule has 2 aliphatic rings. The van der Waals surface area contributed by atoms with E-state index in [0.717, 1.165) is 25.1 Å². The molecule has 2 saturated heterocycles. The maximum absolute atomic E-state index is 13.2. The summed E-state index contributed by atoms with van der Waals surface area (Å²) in [7, 11) is 1.60. The van der Waals surface area contributed by atoms with Crippen LogP contribution in [0.2, 0.25) is 5.02 Å². The summed E-state index contributed by atoms with van der Waals surface area (Å²) in [6.07, 6.45) is 1.53. The van der Waals surface area contributed by atoms with Gasteiger partial charge in [0.1, 0.15) is 5.75 Å². The first-order valence-corrected chi connectivity index (χ1v) is 11.0. The number of amides is 2. The zero-order chi connectivity index (χ0) is 20.4. The van der Waals surface area contributed by atoms with Crippen LogP contribution in [-0.4, -0.2) is 59.0 Å². The lowest BCUT2D eigenvalue weighted by molar-refractivity contribution is 0.0497. The van der Waals surface area contributed by atoms with Crippen LogP contribution in [0.5, 0.6) is 5.75 Å². The predicted octanol–water partition coefficient (Wildman–Crippen LogP) is 4.17. The van der Waals surface area contributed by atoms with Crippen LogP contribution in [0, 0.1) is 0 Å². The van der Waals surface area contributed by atoms with Gasteiger partial charge >= 0.3 is 0 Å². The van der Waals surface area contributed by atoms with Crippen LogP contribution in [-0.2, 0) is 0 Å². The van der Waals surface area contributed by atoms with Gasteiger partial charge in [0.15, 0.2) is 0 Å². The Balaban J connectivity index is 1.48. The van der Waals surface area contributed by atoms with E-state index in [1.807, 2.05) is 39.8 Å². The highest BCUT2D eigenvalue weighted by atomic mass is 35.5. The Labute approximate surface area is 180 Å². The quantitative estimate of drug-likeness (QED) is 0.733. The molecule has 0 unspecified atom stereocenters. The number of methoxy groups -OCH3 is 1. The Hall–Kier alpha value is -2.18. The van der Waals surface area contributed by atoms with Gasteiger partial charge in [-0.2, -0.15) is 0 Å². The molecule has 2 aliphatic heterocycles. The molecule has 5 nitrogen and oxygen atoms in total. The summed E-state index contributed by atoms with van der Waals surface area (Å²) in [5, 5.41) is 0.561. The number of nitrogens with zero attached hydrogens (tertiary/aromatic N) is 2. The minimum Gasteiger partial charge on any atom is -0.497 e. The highest BCUT2D eigenvalue weighted by Crippen LogP contribution is 2.44. The van der Waals surface area contributed by atoms with E-state index in [1.165, 1.54) is 0 Å². The van der Waals surface area contributed by atoms with Crippen LogP contribution in [0.3, 0.4) is 0 Å². The molecule has 0 N–H and O–H groups in total. The summed E-state index contributed by atoms with van der Waals surface area (Å²) in [6.45, 7) is 1.98. The van der Waals surface area contributed by atoms with Gasteiger partial charge in [-0.15, -0.1) is 11.8 Å². The molecular weight excluding hydrogens is 408 g/mol. The van der Waals surface area contributed by atoms with Crippen molar-refractivity contribution in [3.8, 4) is 5.75 Å². The van der Waals surface area contributed by atoms with E-state index in [4.69, 9.17) is 16.3 Å². The number of thioether (sulfide) groups is 1. The minimum atomic E-state index is -0.245. The molecule has 2 fully saturated rings. The third kappa shape index (κ3) is 3.96. The molecule has 2 heterocycles. The number of likely N-dealkylation sites (tertiary alicyclic amines) is 1. The van der Waals surface area contributed by atoms with Crippen LogP contribution in [0.4, 0.5) is 0 Å². The van der Waals surface area contributed by atoms with E-state index < -0.39 is 0 Å². The number of halogens is 1. The molecule has 4 rings (SSSR count). The first-order valence-electron chi connectivity index (χ1n) is 9.67. The minimum absolute atomic E-state index is 0.00369. The molecule has 0 aromatic heterocycles. The van der Waals surface area contributed by atoms with Crippen molar-refractivity contribution in [2.45, 2.75) is 17.7 Å². The summed E-state index contributed by atoms with van der Waals surface area (Å²) in [6, 6.07) is 14.4. The number of carbonyl (C=O) groups is 2. The van der Waals surface area contributed by atoms with Gasteiger partial charge in [-0.25, -0.2) is 0 Å². The zero-order valence-electron chi connectivity index (χ0n) is 16.3. The highest BCUT2D eigenvalue weighted by Gasteiger charge is 2.47. The average Bonchev–Trinajstić information content (AvgIpc) is 3.16. The van der Waals surface area contributed by atoms with Crippen molar-refractivity contribution >= 4 is 35.2 Å². The molecule has 29 heavy (non-hydrogen) atoms. The molecular formula is C22H23ClN2O3S. The summed E-state index contributed by atoms with van der Waals surface area (Å²) in [5.41, 5.74) is 1.25. The highest BCUT2D eigenvalue weighted by molar-refractivity contribution is 8.00. The van der Waals surface area contributed by atoms with E-state index >= 15 is 0 Å². The van der Waals surface area contributed by atoms with Gasteiger partial charge in [0.2, 0.25) is 0 Å². The molecule has 2 amide bonds. The van der Waals surface area contributed by atoms with Gasteiger partial charge < -0.3 is 14.5 Å². The van der Waals surface area contributed by atoms with Crippen molar-refractivity contribution in [2.75, 3.05) is 32.5 Å². The Kier molecular flexibility index (Phi) is 5.74. The first kappa shape index (κ1) is 20.1. The van der Waals surface area contributed by atoms with Gasteiger partial charge in [-0.1, -0.05) is 23.7 Å². The number of ether oxygens (including phenoxy) is 1. The molecule has 2 aromatic rings. The Morgan fingerprint density at radius 3 is 2.38 bits per heavy atom. The third-order valence-electron chi connectivity index (χ3n) is 5.64. The number of piperidine rings is 1. The summed E-state index contributed by atoms with van der Waals surface area (Å²) in [4.78, 5) is 29.7. The van der Waals surface area contributed by atoms with Gasteiger partial charge in [0, 0.05) is 41.5 Å². The van der Waals surface area contributed by atoms with E-state index in [9.17, 15) is 9.59 Å². The smallest absolute Gasteiger partial charge is 0.255 e. The zero-order valence-corrected chi connectivity index (χ0v) is 17.8. The summed E-state index contributed by atoms with van der Waals surface area (Å²) < 4.78 is 5.27. The number of hydrogen-bond donors (Lipinski definition) is 0. The molecule has 0 saturated carbocycles. The van der Waals surface area contributed by atoms with Gasteiger partial charge in [-0.05, 0) is 49.2 Å². The molecule has 2 aromatic carbocycles. The number of carbonyl (C=O) groups excluding carboxylic acids is 2. The fraction of sp³-hybridized carbons (Fsp3) is 0.364. The lowest BCUT2D eigenvalue weighted by atomic mass is 10.00. The monoisotopic (exact) mass is 430 g/mol. The molecule has 7 heteroatoms. The largest absolute Gasteiger partial charge is 0.497 e. The molecule has 152 valence electrons. The number of hydrogen-bond acceptors (Lipinski definition) is 4. The van der Waals surface area contributed by atoms with Crippen LogP contribution in [0.15, 0.2) is 48.5 Å². The number of rotatable bonds is 3. The standard InChI is InChI=1S/C22H23ClN2O3S/c1-28-19-7-3-5-17(15-19)21(27)25-12-13-29-22(25)8-10-24(11-9-22)20(26)16-4-2-6-18(23)14-16/h2-7,14-15H,8-13H2,1H3. The van der Waals surface area contributed by atoms with Gasteiger partial charge in [0.25, 0.3) is 11.8 Å². The molecule has 0 bridgehead atoms. The SMILES string of the molecule is COc1cccc(C(=O)N2CCSC23CCN(C(=O)c2cccc(Cl)c2)CC3)c1. The van der Waals surface area contributed by atoms with Crippen LogP contribution < -0.4 is 4.74 Å². The second kappa shape index (κ2) is 8.28. The van der Waals surface area contributed by atoms with Crippen molar-refractivity contribution in [1.82, 2.24) is 9.80 Å². The Bertz CT molecular complexity index is 928. The lowest BCUT2D eigenvalue weighted by Crippen LogP contribution is -2.53. The summed E-state index contributed by atoms with van der Waals surface area (Å²) >= 11 is 7.87. The van der Waals surface area contributed by atoms with Crippen molar-refractivity contribution in [3.63, 3.8) is 0 Å². The van der Waals surface area contributed by atoms with Gasteiger partial charge in [0.05, 0.1) is 12.0 Å². The summed E-state index contributed by atoms with van der Waals surface area (Å²) in [5.74, 6) is 1.62. The van der Waals surface area contributed by atoms with Gasteiger partial charge in [-0.3, -0.25) is 9.59 Å². The normalized spacial score (nSPS) is 18.1. The van der Waals surface area contributed by atoms with Crippen LogP contribution >= 0.6 is 23.4 Å². The van der Waals surface area contributed by atoms with E-state index in [1.54, 1.807) is 37.4 Å². The fourth-order valence-corrected chi connectivity index (χ4v) is 5.73. The topological polar surface area (TPSA) is 49.9 Å². The lowest BCUT2D eigenvalue weighted by Gasteiger charge is -2.44. The second-order valence-corrected chi connectivity index (χ2v) is 9.18. The molecule has 1 spiro atoms. The fourth-order valence-electron chi connectivity index (χ4n) is 4.08. The second-order valence-electron chi connectivity index (χ2n) is 7.29. The molecule has 0 radical (unpaired) electrons. The Morgan fingerprint density at radius 2 is 1.69 bits per heavy atom. The van der Waals surface area contributed by atoms with E-state index in [-0.39, 0.29) is 16.7 Å². The Morgan fingerprint density at radius 1 is 1.00 bits per heavy atom. The third-order valence-corrected chi connectivity index (χ3v) is 7.43. The average molecular weight is 431 g/mol. The van der Waals surface area contributed by atoms with E-state index in [0.29, 0.717) is 35.0 Å². The van der Waals surface area contributed by atoms with Crippen molar-refractivity contribution in [2.24, 2.45) is 0 Å². The first-order chi connectivity index (χ1) is 14.0. The van der Waals surface area contributed by atoms with Crippen LogP contribution in [0.1, 0.15) is 33.6 Å². The van der Waals surface area contributed by atoms with Crippen LogP contribution in [0.25, 0.3) is 0 Å². The van der Waals surface area contributed by atoms with E-state index in [2.05, 4.69) is 0 Å². The molecule has 0 aliphatic carbocycles. The predicted molar refractivity (Wildman–Crippen MR) is 116 cm³/mol. The van der Waals surface area contributed by atoms with Crippen molar-refractivity contribution < 1.29 is 14.3 Å². The maximum atomic E-state index is 13.2. The number of benzene rings is 2. The van der Waals surface area contributed by atoms with Crippen molar-refractivity contribution in [1.29, 1.82) is 0 Å². The van der Waals surface area contributed by atoms with Crippen molar-refractivity contribution in [3.05, 3.63) is 64.7 Å².